The van der Waals surface area contributed by atoms with Crippen LogP contribution in [0.25, 0.3) is 0 Å². The van der Waals surface area contributed by atoms with E-state index in [2.05, 4.69) is 10.3 Å². The Labute approximate surface area is 92.7 Å². The summed E-state index contributed by atoms with van der Waals surface area (Å²) in [7, 11) is 0. The fraction of sp³-hybridized carbons (Fsp3) is 0.200. The molecular weight excluding hydrogens is 212 g/mol. The topological polar surface area (TPSA) is 56.7 Å². The van der Waals surface area contributed by atoms with E-state index in [0.29, 0.717) is 5.82 Å². The largest absolute Gasteiger partial charge is 0.383 e. The van der Waals surface area contributed by atoms with Gasteiger partial charge in [-0.3, -0.25) is 0 Å². The SMILES string of the molecule is CC(c1ccc(Cl)cc1)n1nncc1N. The van der Waals surface area contributed by atoms with Crippen LogP contribution in [0.2, 0.25) is 5.02 Å². The average molecular weight is 223 g/mol. The van der Waals surface area contributed by atoms with Gasteiger partial charge >= 0.3 is 0 Å². The summed E-state index contributed by atoms with van der Waals surface area (Å²) < 4.78 is 1.67. The summed E-state index contributed by atoms with van der Waals surface area (Å²) in [6.07, 6.45) is 1.53. The van der Waals surface area contributed by atoms with Crippen molar-refractivity contribution in [3.8, 4) is 0 Å². The summed E-state index contributed by atoms with van der Waals surface area (Å²) in [4.78, 5) is 0. The van der Waals surface area contributed by atoms with Crippen molar-refractivity contribution in [2.45, 2.75) is 13.0 Å². The van der Waals surface area contributed by atoms with E-state index in [0.717, 1.165) is 10.6 Å². The van der Waals surface area contributed by atoms with Crippen LogP contribution in [0.4, 0.5) is 5.82 Å². The first-order valence-electron chi connectivity index (χ1n) is 4.59. The van der Waals surface area contributed by atoms with Crippen molar-refractivity contribution in [2.75, 3.05) is 5.73 Å². The molecule has 0 radical (unpaired) electrons. The highest BCUT2D eigenvalue weighted by molar-refractivity contribution is 6.30. The maximum Gasteiger partial charge on any atom is 0.142 e. The van der Waals surface area contributed by atoms with E-state index in [-0.39, 0.29) is 6.04 Å². The summed E-state index contributed by atoms with van der Waals surface area (Å²) in [6, 6.07) is 7.66. The van der Waals surface area contributed by atoms with Gasteiger partial charge in [-0.25, -0.2) is 4.68 Å². The fourth-order valence-electron chi connectivity index (χ4n) is 1.43. The highest BCUT2D eigenvalue weighted by atomic mass is 35.5. The smallest absolute Gasteiger partial charge is 0.142 e. The summed E-state index contributed by atoms with van der Waals surface area (Å²) in [6.45, 7) is 2.01. The molecule has 4 nitrogen and oxygen atoms in total. The maximum absolute atomic E-state index is 5.81. The van der Waals surface area contributed by atoms with Crippen LogP contribution in [0.3, 0.4) is 0 Å². The van der Waals surface area contributed by atoms with Gasteiger partial charge in [0.2, 0.25) is 0 Å². The third kappa shape index (κ3) is 1.94. The van der Waals surface area contributed by atoms with Gasteiger partial charge < -0.3 is 5.73 Å². The second kappa shape index (κ2) is 3.90. The summed E-state index contributed by atoms with van der Waals surface area (Å²) in [5, 5.41) is 8.39. The van der Waals surface area contributed by atoms with E-state index in [4.69, 9.17) is 17.3 Å². The van der Waals surface area contributed by atoms with E-state index in [9.17, 15) is 0 Å². The zero-order valence-corrected chi connectivity index (χ0v) is 9.02. The highest BCUT2D eigenvalue weighted by Gasteiger charge is 2.10. The Balaban J connectivity index is 2.32. The molecule has 78 valence electrons. The lowest BCUT2D eigenvalue weighted by atomic mass is 10.1. The van der Waals surface area contributed by atoms with Crippen LogP contribution >= 0.6 is 11.6 Å². The van der Waals surface area contributed by atoms with Gasteiger partial charge in [-0.1, -0.05) is 28.9 Å². The number of nitrogens with two attached hydrogens (primary N) is 1. The molecular formula is C10H11ClN4. The van der Waals surface area contributed by atoms with Gasteiger partial charge in [0.15, 0.2) is 0 Å². The minimum absolute atomic E-state index is 0.0600. The monoisotopic (exact) mass is 222 g/mol. The second-order valence-electron chi connectivity index (χ2n) is 3.33. The molecule has 0 aliphatic heterocycles. The molecule has 1 atom stereocenters. The molecule has 0 aliphatic rings. The molecule has 1 unspecified atom stereocenters. The lowest BCUT2D eigenvalue weighted by molar-refractivity contribution is 0.550. The van der Waals surface area contributed by atoms with Crippen molar-refractivity contribution < 1.29 is 0 Å². The Morgan fingerprint density at radius 3 is 2.53 bits per heavy atom. The number of rotatable bonds is 2. The summed E-state index contributed by atoms with van der Waals surface area (Å²) in [5.41, 5.74) is 6.81. The number of aromatic nitrogens is 3. The Bertz CT molecular complexity index is 449. The third-order valence-corrected chi connectivity index (χ3v) is 2.57. The van der Waals surface area contributed by atoms with E-state index in [1.807, 2.05) is 31.2 Å². The molecule has 0 amide bonds. The standard InChI is InChI=1S/C10H11ClN4/c1-7(15-10(12)6-13-14-15)8-2-4-9(11)5-3-8/h2-7H,12H2,1H3. The van der Waals surface area contributed by atoms with Crippen molar-refractivity contribution in [3.05, 3.63) is 41.0 Å². The lowest BCUT2D eigenvalue weighted by Gasteiger charge is -2.12. The van der Waals surface area contributed by atoms with Crippen LogP contribution < -0.4 is 5.73 Å². The number of nitrogens with zero attached hydrogens (tertiary/aromatic N) is 3. The van der Waals surface area contributed by atoms with E-state index in [1.165, 1.54) is 6.20 Å². The molecule has 0 saturated heterocycles. The molecule has 0 saturated carbocycles. The average Bonchev–Trinajstić information content (AvgIpc) is 2.65. The lowest BCUT2D eigenvalue weighted by Crippen LogP contribution is -2.11. The van der Waals surface area contributed by atoms with Gasteiger partial charge in [-0.2, -0.15) is 0 Å². The van der Waals surface area contributed by atoms with Crippen LogP contribution in [-0.4, -0.2) is 15.0 Å². The van der Waals surface area contributed by atoms with Gasteiger partial charge in [-0.15, -0.1) is 5.10 Å². The van der Waals surface area contributed by atoms with Crippen LogP contribution in [0.1, 0.15) is 18.5 Å². The first-order valence-corrected chi connectivity index (χ1v) is 4.97. The van der Waals surface area contributed by atoms with E-state index < -0.39 is 0 Å². The van der Waals surface area contributed by atoms with E-state index in [1.54, 1.807) is 4.68 Å². The molecule has 1 heterocycles. The van der Waals surface area contributed by atoms with Crippen LogP contribution in [-0.2, 0) is 0 Å². The molecule has 0 bridgehead atoms. The number of hydrogen-bond acceptors (Lipinski definition) is 3. The van der Waals surface area contributed by atoms with Crippen molar-refractivity contribution in [1.82, 2.24) is 15.0 Å². The van der Waals surface area contributed by atoms with Crippen LogP contribution in [0.15, 0.2) is 30.5 Å². The molecule has 0 aliphatic carbocycles. The summed E-state index contributed by atoms with van der Waals surface area (Å²) >= 11 is 5.81. The number of anilines is 1. The number of halogens is 1. The van der Waals surface area contributed by atoms with Crippen molar-refractivity contribution >= 4 is 17.4 Å². The second-order valence-corrected chi connectivity index (χ2v) is 3.77. The molecule has 2 N–H and O–H groups in total. The van der Waals surface area contributed by atoms with E-state index >= 15 is 0 Å². The Kier molecular flexibility index (Phi) is 2.60. The Morgan fingerprint density at radius 1 is 1.33 bits per heavy atom. The van der Waals surface area contributed by atoms with Crippen molar-refractivity contribution in [3.63, 3.8) is 0 Å². The van der Waals surface area contributed by atoms with Crippen molar-refractivity contribution in [2.24, 2.45) is 0 Å². The zero-order valence-electron chi connectivity index (χ0n) is 8.26. The van der Waals surface area contributed by atoms with Gasteiger partial charge in [0, 0.05) is 5.02 Å². The predicted octanol–water partition coefficient (Wildman–Crippen LogP) is 2.12. The first kappa shape index (κ1) is 9.98. The van der Waals surface area contributed by atoms with Gasteiger partial charge in [0.25, 0.3) is 0 Å². The molecule has 2 rings (SSSR count). The maximum atomic E-state index is 5.81. The third-order valence-electron chi connectivity index (χ3n) is 2.32. The number of hydrogen-bond donors (Lipinski definition) is 1. The normalized spacial score (nSPS) is 12.7. The fourth-order valence-corrected chi connectivity index (χ4v) is 1.56. The molecule has 0 spiro atoms. The number of benzene rings is 1. The minimum Gasteiger partial charge on any atom is -0.383 e. The molecule has 1 aromatic heterocycles. The quantitative estimate of drug-likeness (QED) is 0.847. The molecule has 1 aromatic carbocycles. The molecule has 0 fully saturated rings. The van der Waals surface area contributed by atoms with Gasteiger partial charge in [-0.05, 0) is 24.6 Å². The Morgan fingerprint density at radius 2 is 2.00 bits per heavy atom. The molecule has 15 heavy (non-hydrogen) atoms. The van der Waals surface area contributed by atoms with Crippen molar-refractivity contribution in [1.29, 1.82) is 0 Å². The van der Waals surface area contributed by atoms with Crippen LogP contribution in [0, 0.1) is 0 Å². The van der Waals surface area contributed by atoms with Gasteiger partial charge in [0.05, 0.1) is 12.2 Å². The first-order chi connectivity index (χ1) is 7.18. The molecule has 2 aromatic rings. The summed E-state index contributed by atoms with van der Waals surface area (Å²) in [5.74, 6) is 0.553. The predicted molar refractivity (Wildman–Crippen MR) is 59.7 cm³/mol. The highest BCUT2D eigenvalue weighted by Crippen LogP contribution is 2.20. The van der Waals surface area contributed by atoms with Gasteiger partial charge in [0.1, 0.15) is 5.82 Å². The number of nitrogen functional groups attached to an aromatic ring is 1. The Hall–Kier alpha value is -1.55. The molecule has 5 heteroatoms. The minimum atomic E-state index is 0.0600. The van der Waals surface area contributed by atoms with Crippen LogP contribution in [0.5, 0.6) is 0 Å². The zero-order chi connectivity index (χ0) is 10.8.